The average molecular weight is 429 g/mol. The lowest BCUT2D eigenvalue weighted by atomic mass is 9.89. The Labute approximate surface area is 184 Å². The molecule has 1 aliphatic heterocycles. The van der Waals surface area contributed by atoms with Gasteiger partial charge in [-0.05, 0) is 45.4 Å². The van der Waals surface area contributed by atoms with Crippen molar-refractivity contribution in [2.75, 3.05) is 26.2 Å². The van der Waals surface area contributed by atoms with E-state index in [0.29, 0.717) is 25.0 Å². The standard InChI is InChI=1S/C24H36N4O3/c1-17(2)27-10-12-28(13-11-27)24(31)21-16-26(14-18-6-4-3-5-7-18)15-20(22(21)29)23(30)25-19-8-9-19/h15-19H,3-14H2,1-2H3,(H,25,30). The van der Waals surface area contributed by atoms with E-state index in [0.717, 1.165) is 45.3 Å². The Morgan fingerprint density at radius 1 is 0.968 bits per heavy atom. The molecule has 7 heteroatoms. The third kappa shape index (κ3) is 5.37. The molecule has 3 fully saturated rings. The monoisotopic (exact) mass is 428 g/mol. The number of rotatable bonds is 6. The van der Waals surface area contributed by atoms with Gasteiger partial charge in [0.25, 0.3) is 11.8 Å². The van der Waals surface area contributed by atoms with Crippen molar-refractivity contribution >= 4 is 11.8 Å². The van der Waals surface area contributed by atoms with Crippen LogP contribution in [-0.4, -0.2) is 64.4 Å². The molecule has 0 spiro atoms. The lowest BCUT2D eigenvalue weighted by Gasteiger charge is -2.37. The van der Waals surface area contributed by atoms with Gasteiger partial charge in [0.2, 0.25) is 5.43 Å². The van der Waals surface area contributed by atoms with Crippen LogP contribution in [0.5, 0.6) is 0 Å². The summed E-state index contributed by atoms with van der Waals surface area (Å²) in [6, 6.07) is 0.613. The summed E-state index contributed by atoms with van der Waals surface area (Å²) in [7, 11) is 0. The summed E-state index contributed by atoms with van der Waals surface area (Å²) in [4.78, 5) is 43.4. The molecule has 31 heavy (non-hydrogen) atoms. The van der Waals surface area contributed by atoms with Gasteiger partial charge in [-0.25, -0.2) is 0 Å². The van der Waals surface area contributed by atoms with E-state index >= 15 is 0 Å². The minimum Gasteiger partial charge on any atom is -0.352 e. The van der Waals surface area contributed by atoms with E-state index in [4.69, 9.17) is 0 Å². The fraction of sp³-hybridized carbons (Fsp3) is 0.708. The molecule has 1 N–H and O–H groups in total. The Morgan fingerprint density at radius 2 is 1.61 bits per heavy atom. The molecule has 2 heterocycles. The summed E-state index contributed by atoms with van der Waals surface area (Å²) in [5.41, 5.74) is -0.194. The van der Waals surface area contributed by atoms with E-state index in [1.807, 2.05) is 4.57 Å². The summed E-state index contributed by atoms with van der Waals surface area (Å²) in [6.45, 7) is 7.90. The molecule has 0 radical (unpaired) electrons. The van der Waals surface area contributed by atoms with Gasteiger partial charge in [0.15, 0.2) is 0 Å². The molecule has 1 saturated heterocycles. The topological polar surface area (TPSA) is 74.7 Å². The van der Waals surface area contributed by atoms with Crippen LogP contribution in [0.3, 0.4) is 0 Å². The second kappa shape index (κ2) is 9.55. The van der Waals surface area contributed by atoms with E-state index in [-0.39, 0.29) is 29.0 Å². The highest BCUT2D eigenvalue weighted by molar-refractivity contribution is 5.99. The van der Waals surface area contributed by atoms with Crippen LogP contribution in [0.25, 0.3) is 0 Å². The zero-order valence-electron chi connectivity index (χ0n) is 18.9. The maximum absolute atomic E-state index is 13.3. The summed E-state index contributed by atoms with van der Waals surface area (Å²) in [5.74, 6) is -0.0517. The first-order valence-electron chi connectivity index (χ1n) is 12.0. The third-order valence-electron chi connectivity index (χ3n) is 6.99. The lowest BCUT2D eigenvalue weighted by molar-refractivity contribution is 0.0593. The number of aromatic nitrogens is 1. The summed E-state index contributed by atoms with van der Waals surface area (Å²) in [5, 5.41) is 2.92. The van der Waals surface area contributed by atoms with Gasteiger partial charge in [-0.15, -0.1) is 0 Å². The number of pyridine rings is 1. The first-order chi connectivity index (χ1) is 14.9. The Balaban J connectivity index is 1.58. The Kier molecular flexibility index (Phi) is 6.80. The molecular weight excluding hydrogens is 392 g/mol. The zero-order chi connectivity index (χ0) is 22.0. The molecule has 3 aliphatic rings. The van der Waals surface area contributed by atoms with Gasteiger partial charge in [-0.3, -0.25) is 19.3 Å². The fourth-order valence-electron chi connectivity index (χ4n) is 4.82. The van der Waals surface area contributed by atoms with E-state index in [2.05, 4.69) is 24.1 Å². The van der Waals surface area contributed by atoms with Crippen molar-refractivity contribution in [1.82, 2.24) is 19.7 Å². The number of piperazine rings is 1. The van der Waals surface area contributed by atoms with Crippen LogP contribution >= 0.6 is 0 Å². The van der Waals surface area contributed by atoms with Gasteiger partial charge in [0.05, 0.1) is 0 Å². The van der Waals surface area contributed by atoms with Crippen molar-refractivity contribution in [1.29, 1.82) is 0 Å². The summed E-state index contributed by atoms with van der Waals surface area (Å²) < 4.78 is 1.93. The molecule has 0 unspecified atom stereocenters. The lowest BCUT2D eigenvalue weighted by Crippen LogP contribution is -2.51. The van der Waals surface area contributed by atoms with Crippen LogP contribution in [0, 0.1) is 5.92 Å². The molecular formula is C24H36N4O3. The Hall–Kier alpha value is -2.15. The van der Waals surface area contributed by atoms with Gasteiger partial charge >= 0.3 is 0 Å². The van der Waals surface area contributed by atoms with Gasteiger partial charge in [-0.2, -0.15) is 0 Å². The maximum atomic E-state index is 13.3. The SMILES string of the molecule is CC(C)N1CCN(C(=O)c2cn(CC3CCCCC3)cc(C(=O)NC3CC3)c2=O)CC1. The molecule has 2 saturated carbocycles. The van der Waals surface area contributed by atoms with Crippen LogP contribution in [0.15, 0.2) is 17.2 Å². The Bertz CT molecular complexity index is 860. The van der Waals surface area contributed by atoms with Crippen LogP contribution in [0.4, 0.5) is 0 Å². The molecule has 0 aromatic carbocycles. The predicted octanol–water partition coefficient (Wildman–Crippen LogP) is 2.49. The van der Waals surface area contributed by atoms with E-state index in [9.17, 15) is 14.4 Å². The van der Waals surface area contributed by atoms with Crippen molar-refractivity contribution < 1.29 is 9.59 Å². The van der Waals surface area contributed by atoms with Crippen molar-refractivity contribution in [3.63, 3.8) is 0 Å². The van der Waals surface area contributed by atoms with Gasteiger partial charge in [0.1, 0.15) is 11.1 Å². The van der Waals surface area contributed by atoms with Gasteiger partial charge < -0.3 is 14.8 Å². The second-order valence-electron chi connectivity index (χ2n) is 9.79. The fourth-order valence-corrected chi connectivity index (χ4v) is 4.82. The number of hydrogen-bond donors (Lipinski definition) is 1. The molecule has 4 rings (SSSR count). The highest BCUT2D eigenvalue weighted by atomic mass is 16.2. The molecule has 2 aliphatic carbocycles. The van der Waals surface area contributed by atoms with Crippen molar-refractivity contribution in [3.8, 4) is 0 Å². The van der Waals surface area contributed by atoms with Crippen molar-refractivity contribution in [3.05, 3.63) is 33.7 Å². The highest BCUT2D eigenvalue weighted by Gasteiger charge is 2.29. The second-order valence-corrected chi connectivity index (χ2v) is 9.79. The molecule has 0 atom stereocenters. The molecule has 7 nitrogen and oxygen atoms in total. The Morgan fingerprint density at radius 3 is 2.23 bits per heavy atom. The van der Waals surface area contributed by atoms with E-state index < -0.39 is 5.43 Å². The van der Waals surface area contributed by atoms with Crippen LogP contribution in [0.1, 0.15) is 79.5 Å². The minimum atomic E-state index is -0.436. The quantitative estimate of drug-likeness (QED) is 0.755. The molecule has 170 valence electrons. The number of hydrogen-bond acceptors (Lipinski definition) is 4. The smallest absolute Gasteiger partial charge is 0.259 e. The van der Waals surface area contributed by atoms with Crippen molar-refractivity contribution in [2.24, 2.45) is 5.92 Å². The molecule has 0 bridgehead atoms. The van der Waals surface area contributed by atoms with E-state index in [1.165, 1.54) is 19.3 Å². The summed E-state index contributed by atoms with van der Waals surface area (Å²) in [6.07, 6.45) is 11.3. The van der Waals surface area contributed by atoms with Crippen molar-refractivity contribution in [2.45, 2.75) is 77.4 Å². The van der Waals surface area contributed by atoms with Gasteiger partial charge in [-0.1, -0.05) is 19.3 Å². The number of nitrogens with one attached hydrogen (secondary N) is 1. The number of nitrogens with zero attached hydrogens (tertiary/aromatic N) is 3. The summed E-state index contributed by atoms with van der Waals surface area (Å²) >= 11 is 0. The normalized spacial score (nSPS) is 20.8. The predicted molar refractivity (Wildman–Crippen MR) is 120 cm³/mol. The maximum Gasteiger partial charge on any atom is 0.259 e. The van der Waals surface area contributed by atoms with Gasteiger partial charge in [0, 0.05) is 57.2 Å². The minimum absolute atomic E-state index is 0.106. The number of carbonyl (C=O) groups is 2. The largest absolute Gasteiger partial charge is 0.352 e. The third-order valence-corrected chi connectivity index (χ3v) is 6.99. The number of amides is 2. The molecule has 1 aromatic heterocycles. The first-order valence-corrected chi connectivity index (χ1v) is 12.0. The van der Waals surface area contributed by atoms with Crippen LogP contribution in [-0.2, 0) is 6.54 Å². The average Bonchev–Trinajstić information content (AvgIpc) is 3.59. The van der Waals surface area contributed by atoms with Crippen LogP contribution < -0.4 is 10.7 Å². The molecule has 1 aromatic rings. The van der Waals surface area contributed by atoms with Crippen LogP contribution in [0.2, 0.25) is 0 Å². The molecule has 2 amide bonds. The first kappa shape index (κ1) is 22.1. The highest BCUT2D eigenvalue weighted by Crippen LogP contribution is 2.25. The number of carbonyl (C=O) groups excluding carboxylic acids is 2. The van der Waals surface area contributed by atoms with E-state index in [1.54, 1.807) is 17.3 Å². The zero-order valence-corrected chi connectivity index (χ0v) is 18.9.